The molecule has 146 valence electrons. The Labute approximate surface area is 170 Å². The summed E-state index contributed by atoms with van der Waals surface area (Å²) in [6.07, 6.45) is 0. The summed E-state index contributed by atoms with van der Waals surface area (Å²) in [7, 11) is 0. The molecule has 11 heteroatoms. The van der Waals surface area contributed by atoms with E-state index in [2.05, 4.69) is 36.4 Å². The lowest BCUT2D eigenvalue weighted by Gasteiger charge is -2.11. The summed E-state index contributed by atoms with van der Waals surface area (Å²) in [6.45, 7) is 3.45. The maximum atomic E-state index is 11.3. The van der Waals surface area contributed by atoms with E-state index in [4.69, 9.17) is 0 Å². The zero-order chi connectivity index (χ0) is 20.2. The molecular weight excluding hydrogens is 390 g/mol. The normalized spacial score (nSPS) is 11.9. The Balaban J connectivity index is 1.59. The van der Waals surface area contributed by atoms with Gasteiger partial charge in [-0.25, -0.2) is 0 Å². The first-order valence-corrected chi connectivity index (χ1v) is 9.66. The fraction of sp³-hybridized carbons (Fsp3) is 0.167. The molecule has 4 aromatic rings. The zero-order valence-corrected chi connectivity index (χ0v) is 16.5. The summed E-state index contributed by atoms with van der Waals surface area (Å²) < 4.78 is 3.31. The highest BCUT2D eigenvalue weighted by Gasteiger charge is 2.21. The number of carbonyl (C=O) groups is 1. The molecule has 2 aromatic heterocycles. The molecule has 0 radical (unpaired) electrons. The van der Waals surface area contributed by atoms with Gasteiger partial charge in [0.2, 0.25) is 11.1 Å². The van der Waals surface area contributed by atoms with Gasteiger partial charge in [-0.1, -0.05) is 36.0 Å². The van der Waals surface area contributed by atoms with Gasteiger partial charge < -0.3 is 5.32 Å². The largest absolute Gasteiger partial charge is 0.326 e. The first-order valence-electron chi connectivity index (χ1n) is 8.78. The van der Waals surface area contributed by atoms with Crippen molar-refractivity contribution in [1.82, 2.24) is 40.4 Å². The molecule has 1 amide bonds. The summed E-state index contributed by atoms with van der Waals surface area (Å²) in [6, 6.07) is 17.0. The van der Waals surface area contributed by atoms with Crippen molar-refractivity contribution in [3.05, 3.63) is 60.4 Å². The maximum absolute atomic E-state index is 11.3. The van der Waals surface area contributed by atoms with Crippen LogP contribution in [0.1, 0.15) is 24.9 Å². The number of aromatic nitrogens is 8. The van der Waals surface area contributed by atoms with Crippen LogP contribution in [-0.4, -0.2) is 46.3 Å². The van der Waals surface area contributed by atoms with E-state index in [0.29, 0.717) is 16.7 Å². The summed E-state index contributed by atoms with van der Waals surface area (Å²) in [5.74, 6) is 0.539. The average molecular weight is 407 g/mol. The van der Waals surface area contributed by atoms with E-state index in [-0.39, 0.29) is 11.2 Å². The molecule has 0 saturated carbocycles. The third kappa shape index (κ3) is 4.14. The van der Waals surface area contributed by atoms with Gasteiger partial charge >= 0.3 is 0 Å². The number of tetrazole rings is 2. The lowest BCUT2D eigenvalue weighted by molar-refractivity contribution is -0.114. The lowest BCUT2D eigenvalue weighted by Crippen LogP contribution is -2.08. The van der Waals surface area contributed by atoms with Crippen LogP contribution in [0.3, 0.4) is 0 Å². The van der Waals surface area contributed by atoms with Crippen molar-refractivity contribution in [3.8, 4) is 11.4 Å². The smallest absolute Gasteiger partial charge is 0.221 e. The number of hydrogen-bond donors (Lipinski definition) is 1. The molecule has 2 heterocycles. The van der Waals surface area contributed by atoms with E-state index in [0.717, 1.165) is 11.4 Å². The Bertz CT molecular complexity index is 1130. The Kier molecular flexibility index (Phi) is 5.29. The van der Waals surface area contributed by atoms with Gasteiger partial charge in [-0.3, -0.25) is 4.79 Å². The van der Waals surface area contributed by atoms with Crippen molar-refractivity contribution < 1.29 is 4.79 Å². The zero-order valence-electron chi connectivity index (χ0n) is 15.7. The number of benzene rings is 2. The van der Waals surface area contributed by atoms with Gasteiger partial charge in [-0.05, 0) is 58.1 Å². The van der Waals surface area contributed by atoms with Gasteiger partial charge in [0.1, 0.15) is 0 Å². The third-order valence-electron chi connectivity index (χ3n) is 3.99. The first-order chi connectivity index (χ1) is 14.1. The average Bonchev–Trinajstić information content (AvgIpc) is 3.38. The summed E-state index contributed by atoms with van der Waals surface area (Å²) in [5.41, 5.74) is 2.28. The monoisotopic (exact) mass is 407 g/mol. The number of thioether (sulfide) groups is 1. The van der Waals surface area contributed by atoms with Crippen molar-refractivity contribution in [2.24, 2.45) is 0 Å². The number of para-hydroxylation sites is 1. The van der Waals surface area contributed by atoms with Gasteiger partial charge in [0.25, 0.3) is 0 Å². The minimum absolute atomic E-state index is 0.117. The minimum atomic E-state index is -0.144. The van der Waals surface area contributed by atoms with Crippen LogP contribution in [-0.2, 0) is 4.79 Å². The van der Waals surface area contributed by atoms with E-state index in [1.807, 2.05) is 49.4 Å². The highest BCUT2D eigenvalue weighted by molar-refractivity contribution is 7.99. The molecule has 0 aliphatic carbocycles. The number of nitrogens with one attached hydrogen (secondary N) is 1. The van der Waals surface area contributed by atoms with Gasteiger partial charge in [-0.15, -0.1) is 10.2 Å². The van der Waals surface area contributed by atoms with E-state index < -0.39 is 0 Å². The molecule has 2 aromatic carbocycles. The molecule has 0 aliphatic heterocycles. The Morgan fingerprint density at radius 2 is 1.69 bits per heavy atom. The van der Waals surface area contributed by atoms with Crippen molar-refractivity contribution in [2.45, 2.75) is 24.3 Å². The number of carbonyl (C=O) groups excluding carboxylic acids is 1. The fourth-order valence-electron chi connectivity index (χ4n) is 2.74. The van der Waals surface area contributed by atoms with E-state index in [9.17, 15) is 4.79 Å². The number of nitrogens with zero attached hydrogens (tertiary/aromatic N) is 8. The van der Waals surface area contributed by atoms with Crippen LogP contribution in [0.4, 0.5) is 5.69 Å². The molecule has 0 spiro atoms. The number of hydrogen-bond acceptors (Lipinski definition) is 8. The molecule has 0 fully saturated rings. The first kappa shape index (κ1) is 18.7. The molecular formula is C18H17N9OS. The van der Waals surface area contributed by atoms with Crippen molar-refractivity contribution in [1.29, 1.82) is 0 Å². The van der Waals surface area contributed by atoms with E-state index in [1.165, 1.54) is 18.7 Å². The standard InChI is InChI=1S/C18H17N9OS/c1-12(17-20-22-24-26(17)15-8-4-3-5-9-15)29-18-21-23-25-27(18)16-10-6-7-14(11-16)19-13(2)28/h3-12H,1-2H3,(H,19,28)/t12-/m1/s1. The van der Waals surface area contributed by atoms with Crippen molar-refractivity contribution in [2.75, 3.05) is 5.32 Å². The highest BCUT2D eigenvalue weighted by atomic mass is 32.2. The van der Waals surface area contributed by atoms with Gasteiger partial charge in [0.15, 0.2) is 5.82 Å². The van der Waals surface area contributed by atoms with Crippen LogP contribution >= 0.6 is 11.8 Å². The Morgan fingerprint density at radius 1 is 0.966 bits per heavy atom. The molecule has 4 rings (SSSR count). The summed E-state index contributed by atoms with van der Waals surface area (Å²) in [5, 5.41) is 27.3. The van der Waals surface area contributed by atoms with E-state index in [1.54, 1.807) is 21.5 Å². The van der Waals surface area contributed by atoms with Crippen LogP contribution in [0.2, 0.25) is 0 Å². The van der Waals surface area contributed by atoms with Crippen LogP contribution in [0.15, 0.2) is 59.8 Å². The predicted octanol–water partition coefficient (Wildman–Crippen LogP) is 2.45. The molecule has 0 bridgehead atoms. The topological polar surface area (TPSA) is 116 Å². The number of rotatable bonds is 6. The second kappa shape index (κ2) is 8.19. The summed E-state index contributed by atoms with van der Waals surface area (Å²) in [4.78, 5) is 11.3. The Hall–Kier alpha value is -3.60. The molecule has 29 heavy (non-hydrogen) atoms. The molecule has 0 saturated heterocycles. The van der Waals surface area contributed by atoms with Gasteiger partial charge in [-0.2, -0.15) is 9.36 Å². The molecule has 0 unspecified atom stereocenters. The van der Waals surface area contributed by atoms with Gasteiger partial charge in [0.05, 0.1) is 16.6 Å². The summed E-state index contributed by atoms with van der Waals surface area (Å²) >= 11 is 1.43. The maximum Gasteiger partial charge on any atom is 0.221 e. The van der Waals surface area contributed by atoms with Gasteiger partial charge in [0, 0.05) is 12.6 Å². The molecule has 1 N–H and O–H groups in total. The lowest BCUT2D eigenvalue weighted by atomic mass is 10.3. The number of anilines is 1. The van der Waals surface area contributed by atoms with E-state index >= 15 is 0 Å². The fourth-order valence-corrected chi connectivity index (χ4v) is 3.64. The predicted molar refractivity (Wildman–Crippen MR) is 107 cm³/mol. The van der Waals surface area contributed by atoms with Crippen molar-refractivity contribution >= 4 is 23.4 Å². The third-order valence-corrected chi connectivity index (χ3v) is 5.02. The Morgan fingerprint density at radius 3 is 2.48 bits per heavy atom. The van der Waals surface area contributed by atoms with Crippen molar-refractivity contribution in [3.63, 3.8) is 0 Å². The van der Waals surface area contributed by atoms with Crippen LogP contribution in [0.5, 0.6) is 0 Å². The number of amides is 1. The minimum Gasteiger partial charge on any atom is -0.326 e. The second-order valence-corrected chi connectivity index (χ2v) is 7.46. The van der Waals surface area contributed by atoms with Crippen LogP contribution in [0, 0.1) is 0 Å². The SMILES string of the molecule is CC(=O)Nc1cccc(-n2nnnc2S[C@H](C)c2nnnn2-c2ccccc2)c1. The quantitative estimate of drug-likeness (QED) is 0.485. The van der Waals surface area contributed by atoms with Crippen LogP contribution in [0.25, 0.3) is 11.4 Å². The molecule has 10 nitrogen and oxygen atoms in total. The molecule has 1 atom stereocenters. The highest BCUT2D eigenvalue weighted by Crippen LogP contribution is 2.33. The molecule has 0 aliphatic rings. The van der Waals surface area contributed by atoms with Crippen LogP contribution < -0.4 is 5.32 Å². The second-order valence-electron chi connectivity index (χ2n) is 6.15.